The molecular formula is C14H13N3O2. The lowest BCUT2D eigenvalue weighted by Gasteiger charge is -2.36. The van der Waals surface area contributed by atoms with Gasteiger partial charge in [-0.15, -0.1) is 0 Å². The minimum atomic E-state index is -0.584. The highest BCUT2D eigenvalue weighted by Gasteiger charge is 2.40. The molecule has 5 heteroatoms. The van der Waals surface area contributed by atoms with Crippen molar-refractivity contribution in [2.75, 3.05) is 0 Å². The third kappa shape index (κ3) is 1.54. The van der Waals surface area contributed by atoms with E-state index in [1.807, 2.05) is 20.8 Å². The highest BCUT2D eigenvalue weighted by molar-refractivity contribution is 6.24. The lowest BCUT2D eigenvalue weighted by molar-refractivity contribution is 0.0456. The van der Waals surface area contributed by atoms with Crippen LogP contribution in [-0.2, 0) is 0 Å². The molecule has 0 atom stereocenters. The Hall–Kier alpha value is -2.30. The number of amides is 2. The maximum atomic E-state index is 12.5. The van der Waals surface area contributed by atoms with Crippen LogP contribution in [0.15, 0.2) is 24.5 Å². The van der Waals surface area contributed by atoms with Gasteiger partial charge in [0, 0.05) is 10.9 Å². The van der Waals surface area contributed by atoms with E-state index in [-0.39, 0.29) is 11.8 Å². The number of nitrogens with zero attached hydrogens (tertiary/aromatic N) is 3. The van der Waals surface area contributed by atoms with Crippen LogP contribution in [-0.4, -0.2) is 32.2 Å². The molecule has 3 rings (SSSR count). The van der Waals surface area contributed by atoms with Crippen molar-refractivity contribution < 1.29 is 9.59 Å². The summed E-state index contributed by atoms with van der Waals surface area (Å²) < 4.78 is 0. The van der Waals surface area contributed by atoms with Crippen LogP contribution in [0.4, 0.5) is 0 Å². The van der Waals surface area contributed by atoms with Gasteiger partial charge in [0.2, 0.25) is 0 Å². The average molecular weight is 255 g/mol. The molecule has 0 fully saturated rings. The van der Waals surface area contributed by atoms with E-state index in [9.17, 15) is 9.59 Å². The van der Waals surface area contributed by atoms with Gasteiger partial charge in [0.25, 0.3) is 11.8 Å². The van der Waals surface area contributed by atoms with E-state index in [0.717, 1.165) is 0 Å². The first-order valence-corrected chi connectivity index (χ1v) is 6.04. The Morgan fingerprint density at radius 3 is 2.47 bits per heavy atom. The van der Waals surface area contributed by atoms with Crippen LogP contribution in [0.1, 0.15) is 41.6 Å². The van der Waals surface area contributed by atoms with Crippen LogP contribution < -0.4 is 0 Å². The predicted octanol–water partition coefficient (Wildman–Crippen LogP) is 2.02. The molecule has 0 bridgehead atoms. The topological polar surface area (TPSA) is 63.2 Å². The van der Waals surface area contributed by atoms with Crippen LogP contribution in [0.25, 0.3) is 10.9 Å². The molecule has 2 amide bonds. The Morgan fingerprint density at radius 2 is 1.79 bits per heavy atom. The third-order valence-corrected chi connectivity index (χ3v) is 3.17. The molecule has 0 aliphatic carbocycles. The standard InChI is InChI=1S/C14H13N3O2/c1-14(2,3)17-12(18)8-5-4-6-9-10(8)11(13(17)19)16-7-15-9/h4-7H,1-3H3. The van der Waals surface area contributed by atoms with E-state index in [1.54, 1.807) is 18.2 Å². The molecular weight excluding hydrogens is 242 g/mol. The maximum Gasteiger partial charge on any atom is 0.280 e. The van der Waals surface area contributed by atoms with E-state index in [2.05, 4.69) is 9.97 Å². The quantitative estimate of drug-likeness (QED) is 0.676. The number of rotatable bonds is 0. The number of hydrogen-bond acceptors (Lipinski definition) is 4. The summed E-state index contributed by atoms with van der Waals surface area (Å²) in [5, 5.41) is 0.556. The van der Waals surface area contributed by atoms with Gasteiger partial charge in [-0.25, -0.2) is 9.97 Å². The van der Waals surface area contributed by atoms with Gasteiger partial charge in [-0.2, -0.15) is 0 Å². The molecule has 0 unspecified atom stereocenters. The molecule has 1 aromatic carbocycles. The summed E-state index contributed by atoms with van der Waals surface area (Å²) in [6.07, 6.45) is 1.36. The predicted molar refractivity (Wildman–Crippen MR) is 69.8 cm³/mol. The van der Waals surface area contributed by atoms with Gasteiger partial charge in [0.15, 0.2) is 0 Å². The fraction of sp³-hybridized carbons (Fsp3) is 0.286. The fourth-order valence-electron chi connectivity index (χ4n) is 2.38. The van der Waals surface area contributed by atoms with E-state index in [1.165, 1.54) is 11.2 Å². The van der Waals surface area contributed by atoms with Gasteiger partial charge < -0.3 is 0 Å². The summed E-state index contributed by atoms with van der Waals surface area (Å²) >= 11 is 0. The summed E-state index contributed by atoms with van der Waals surface area (Å²) in [7, 11) is 0. The first kappa shape index (κ1) is 11.8. The van der Waals surface area contributed by atoms with Crippen molar-refractivity contribution in [3.8, 4) is 0 Å². The van der Waals surface area contributed by atoms with Crippen molar-refractivity contribution in [3.63, 3.8) is 0 Å². The largest absolute Gasteiger partial charge is 0.280 e. The monoisotopic (exact) mass is 255 g/mol. The minimum Gasteiger partial charge on any atom is -0.269 e. The third-order valence-electron chi connectivity index (χ3n) is 3.17. The molecule has 0 radical (unpaired) electrons. The van der Waals surface area contributed by atoms with Gasteiger partial charge in [-0.1, -0.05) is 6.07 Å². The smallest absolute Gasteiger partial charge is 0.269 e. The average Bonchev–Trinajstić information content (AvgIpc) is 2.34. The van der Waals surface area contributed by atoms with Crippen molar-refractivity contribution in [1.29, 1.82) is 0 Å². The summed E-state index contributed by atoms with van der Waals surface area (Å²) in [4.78, 5) is 34.4. The number of carbonyl (C=O) groups excluding carboxylic acids is 2. The zero-order valence-corrected chi connectivity index (χ0v) is 11.0. The summed E-state index contributed by atoms with van der Waals surface area (Å²) in [6, 6.07) is 5.25. The van der Waals surface area contributed by atoms with Crippen LogP contribution in [0.3, 0.4) is 0 Å². The Kier molecular flexibility index (Phi) is 2.23. The van der Waals surface area contributed by atoms with Crippen molar-refractivity contribution in [2.45, 2.75) is 26.3 Å². The zero-order chi connectivity index (χ0) is 13.8. The second kappa shape index (κ2) is 3.60. The molecule has 2 heterocycles. The van der Waals surface area contributed by atoms with Gasteiger partial charge in [0.1, 0.15) is 12.0 Å². The Morgan fingerprint density at radius 1 is 1.05 bits per heavy atom. The van der Waals surface area contributed by atoms with E-state index < -0.39 is 5.54 Å². The highest BCUT2D eigenvalue weighted by atomic mass is 16.2. The molecule has 0 N–H and O–H groups in total. The summed E-state index contributed by atoms with van der Waals surface area (Å²) in [5.74, 6) is -0.644. The van der Waals surface area contributed by atoms with Crippen molar-refractivity contribution in [2.24, 2.45) is 0 Å². The second-order valence-corrected chi connectivity index (χ2v) is 5.54. The lowest BCUT2D eigenvalue weighted by Crippen LogP contribution is -2.51. The molecule has 96 valence electrons. The van der Waals surface area contributed by atoms with Gasteiger partial charge in [-0.05, 0) is 32.9 Å². The van der Waals surface area contributed by atoms with Crippen LogP contribution in [0.2, 0.25) is 0 Å². The molecule has 1 aromatic heterocycles. The molecule has 1 aliphatic heterocycles. The summed E-state index contributed by atoms with van der Waals surface area (Å²) in [6.45, 7) is 5.49. The van der Waals surface area contributed by atoms with Crippen LogP contribution >= 0.6 is 0 Å². The van der Waals surface area contributed by atoms with E-state index in [0.29, 0.717) is 22.2 Å². The molecule has 0 saturated carbocycles. The number of hydrogen-bond donors (Lipinski definition) is 0. The molecule has 0 spiro atoms. The Balaban J connectivity index is 2.38. The SMILES string of the molecule is CC(C)(C)N1C(=O)c2cccc3ncnc(c23)C1=O. The van der Waals surface area contributed by atoms with Gasteiger partial charge in [0.05, 0.1) is 11.1 Å². The molecule has 19 heavy (non-hydrogen) atoms. The number of aromatic nitrogens is 2. The number of benzene rings is 1. The number of imide groups is 1. The first-order chi connectivity index (χ1) is 8.91. The Bertz CT molecular complexity index is 665. The molecule has 1 aliphatic rings. The van der Waals surface area contributed by atoms with Crippen molar-refractivity contribution in [3.05, 3.63) is 35.8 Å². The highest BCUT2D eigenvalue weighted by Crippen LogP contribution is 2.31. The van der Waals surface area contributed by atoms with E-state index >= 15 is 0 Å². The van der Waals surface area contributed by atoms with Gasteiger partial charge in [-0.3, -0.25) is 14.5 Å². The van der Waals surface area contributed by atoms with Crippen molar-refractivity contribution >= 4 is 22.7 Å². The second-order valence-electron chi connectivity index (χ2n) is 5.54. The lowest BCUT2D eigenvalue weighted by atomic mass is 9.95. The maximum absolute atomic E-state index is 12.5. The Labute approximate surface area is 110 Å². The number of carbonyl (C=O) groups is 2. The van der Waals surface area contributed by atoms with Crippen LogP contribution in [0.5, 0.6) is 0 Å². The molecule has 0 saturated heterocycles. The normalized spacial score (nSPS) is 15.2. The van der Waals surface area contributed by atoms with Crippen molar-refractivity contribution in [1.82, 2.24) is 14.9 Å². The van der Waals surface area contributed by atoms with E-state index in [4.69, 9.17) is 0 Å². The molecule has 2 aromatic rings. The summed E-state index contributed by atoms with van der Waals surface area (Å²) in [5.41, 5.74) is 0.828. The fourth-order valence-corrected chi connectivity index (χ4v) is 2.38. The van der Waals surface area contributed by atoms with Gasteiger partial charge >= 0.3 is 0 Å². The first-order valence-electron chi connectivity index (χ1n) is 6.04. The zero-order valence-electron chi connectivity index (χ0n) is 11.0. The minimum absolute atomic E-state index is 0.287. The molecule has 5 nitrogen and oxygen atoms in total. The van der Waals surface area contributed by atoms with Crippen LogP contribution in [0, 0.1) is 0 Å².